The molecular weight excluding hydrogens is 360 g/mol. The van der Waals surface area contributed by atoms with E-state index in [-0.39, 0.29) is 18.2 Å². The van der Waals surface area contributed by atoms with Crippen molar-refractivity contribution in [1.82, 2.24) is 4.90 Å². The molecular formula is C21H26N2O3S. The maximum atomic E-state index is 12.4. The van der Waals surface area contributed by atoms with Gasteiger partial charge in [0, 0.05) is 22.6 Å². The Hall–Kier alpha value is -2.31. The van der Waals surface area contributed by atoms with Crippen LogP contribution in [0.4, 0.5) is 5.69 Å². The number of nitrogens with zero attached hydrogens (tertiary/aromatic N) is 1. The van der Waals surface area contributed by atoms with Gasteiger partial charge >= 0.3 is 0 Å². The molecule has 0 aliphatic rings. The molecule has 0 saturated heterocycles. The normalized spacial score (nSPS) is 10.7. The van der Waals surface area contributed by atoms with Crippen LogP contribution in [0.3, 0.4) is 0 Å². The quantitative estimate of drug-likeness (QED) is 0.520. The SMILES string of the molecule is CCOc1ccc(C(C)=O)cc1CN(C)CC(=O)Nc1ccccc1SC. The second-order valence-electron chi connectivity index (χ2n) is 6.23. The summed E-state index contributed by atoms with van der Waals surface area (Å²) in [7, 11) is 1.87. The molecule has 0 aliphatic heterocycles. The van der Waals surface area contributed by atoms with E-state index in [9.17, 15) is 9.59 Å². The average Bonchev–Trinajstić information content (AvgIpc) is 2.63. The maximum Gasteiger partial charge on any atom is 0.238 e. The average molecular weight is 387 g/mol. The van der Waals surface area contributed by atoms with Crippen LogP contribution in [-0.4, -0.2) is 43.0 Å². The highest BCUT2D eigenvalue weighted by Gasteiger charge is 2.13. The maximum absolute atomic E-state index is 12.4. The second kappa shape index (κ2) is 10.1. The van der Waals surface area contributed by atoms with E-state index in [1.54, 1.807) is 24.8 Å². The Morgan fingerprint density at radius 2 is 1.93 bits per heavy atom. The lowest BCUT2D eigenvalue weighted by Gasteiger charge is -2.19. The predicted molar refractivity (Wildman–Crippen MR) is 111 cm³/mol. The summed E-state index contributed by atoms with van der Waals surface area (Å²) in [4.78, 5) is 27.0. The van der Waals surface area contributed by atoms with Crippen LogP contribution < -0.4 is 10.1 Å². The van der Waals surface area contributed by atoms with Crippen molar-refractivity contribution in [2.75, 3.05) is 31.8 Å². The van der Waals surface area contributed by atoms with Gasteiger partial charge < -0.3 is 10.1 Å². The molecule has 2 rings (SSSR count). The van der Waals surface area contributed by atoms with Gasteiger partial charge in [0.25, 0.3) is 0 Å². The summed E-state index contributed by atoms with van der Waals surface area (Å²) in [5, 5.41) is 2.96. The Kier molecular flexibility index (Phi) is 7.88. The molecule has 27 heavy (non-hydrogen) atoms. The van der Waals surface area contributed by atoms with Gasteiger partial charge in [0.2, 0.25) is 5.91 Å². The highest BCUT2D eigenvalue weighted by Crippen LogP contribution is 2.25. The Labute approximate surface area is 165 Å². The highest BCUT2D eigenvalue weighted by atomic mass is 32.2. The molecule has 2 aromatic rings. The van der Waals surface area contributed by atoms with Crippen LogP contribution >= 0.6 is 11.8 Å². The minimum absolute atomic E-state index is 0.00775. The summed E-state index contributed by atoms with van der Waals surface area (Å²) >= 11 is 1.59. The molecule has 1 amide bonds. The summed E-state index contributed by atoms with van der Waals surface area (Å²) in [5.41, 5.74) is 2.35. The van der Waals surface area contributed by atoms with Gasteiger partial charge in [-0.15, -0.1) is 11.8 Å². The third-order valence-electron chi connectivity index (χ3n) is 4.00. The van der Waals surface area contributed by atoms with E-state index < -0.39 is 0 Å². The third-order valence-corrected chi connectivity index (χ3v) is 4.80. The minimum Gasteiger partial charge on any atom is -0.494 e. The number of nitrogens with one attached hydrogen (secondary N) is 1. The Morgan fingerprint density at radius 1 is 1.19 bits per heavy atom. The molecule has 0 atom stereocenters. The molecule has 0 aromatic heterocycles. The first-order chi connectivity index (χ1) is 12.9. The fourth-order valence-corrected chi connectivity index (χ4v) is 3.30. The van der Waals surface area contributed by atoms with Gasteiger partial charge in [0.15, 0.2) is 5.78 Å². The van der Waals surface area contributed by atoms with Crippen LogP contribution in [0, 0.1) is 0 Å². The van der Waals surface area contributed by atoms with Crippen molar-refractivity contribution in [2.45, 2.75) is 25.3 Å². The van der Waals surface area contributed by atoms with E-state index in [1.165, 1.54) is 0 Å². The number of likely N-dealkylation sites (N-methyl/N-ethyl adjacent to an activating group) is 1. The number of amides is 1. The number of benzene rings is 2. The van der Waals surface area contributed by atoms with Gasteiger partial charge in [-0.05, 0) is 57.5 Å². The summed E-state index contributed by atoms with van der Waals surface area (Å²) in [6.07, 6.45) is 1.98. The fraction of sp³-hybridized carbons (Fsp3) is 0.333. The zero-order valence-electron chi connectivity index (χ0n) is 16.2. The van der Waals surface area contributed by atoms with E-state index in [4.69, 9.17) is 4.74 Å². The standard InChI is InChI=1S/C21H26N2O3S/c1-5-26-19-11-10-16(15(2)24)12-17(19)13-23(3)14-21(25)22-18-8-6-7-9-20(18)27-4/h6-12H,5,13-14H2,1-4H3,(H,22,25). The van der Waals surface area contributed by atoms with Gasteiger partial charge in [-0.3, -0.25) is 14.5 Å². The number of ketones is 1. The molecule has 0 spiro atoms. The molecule has 0 heterocycles. The van der Waals surface area contributed by atoms with Crippen LogP contribution in [0.2, 0.25) is 0 Å². The zero-order valence-corrected chi connectivity index (χ0v) is 17.1. The summed E-state index contributed by atoms with van der Waals surface area (Å²) in [6.45, 7) is 4.75. The molecule has 0 aliphatic carbocycles. The molecule has 0 saturated carbocycles. The van der Waals surface area contributed by atoms with E-state index in [2.05, 4.69) is 5.32 Å². The van der Waals surface area contributed by atoms with Crippen molar-refractivity contribution < 1.29 is 14.3 Å². The molecule has 0 radical (unpaired) electrons. The monoisotopic (exact) mass is 386 g/mol. The number of ether oxygens (including phenoxy) is 1. The number of carbonyl (C=O) groups is 2. The fourth-order valence-electron chi connectivity index (χ4n) is 2.75. The summed E-state index contributed by atoms with van der Waals surface area (Å²) in [6, 6.07) is 13.1. The molecule has 2 aromatic carbocycles. The van der Waals surface area contributed by atoms with E-state index in [0.717, 1.165) is 21.9 Å². The number of carbonyl (C=O) groups excluding carboxylic acids is 2. The van der Waals surface area contributed by atoms with Crippen LogP contribution in [0.15, 0.2) is 47.4 Å². The van der Waals surface area contributed by atoms with Crippen LogP contribution in [0.25, 0.3) is 0 Å². The molecule has 0 bridgehead atoms. The van der Waals surface area contributed by atoms with E-state index in [1.807, 2.05) is 61.5 Å². The molecule has 144 valence electrons. The highest BCUT2D eigenvalue weighted by molar-refractivity contribution is 7.98. The lowest BCUT2D eigenvalue weighted by atomic mass is 10.1. The first-order valence-corrected chi connectivity index (χ1v) is 10.0. The topological polar surface area (TPSA) is 58.6 Å². The summed E-state index contributed by atoms with van der Waals surface area (Å²) in [5.74, 6) is 0.663. The zero-order chi connectivity index (χ0) is 19.8. The molecule has 1 N–H and O–H groups in total. The largest absolute Gasteiger partial charge is 0.494 e. The first-order valence-electron chi connectivity index (χ1n) is 8.82. The number of hydrogen-bond acceptors (Lipinski definition) is 5. The van der Waals surface area contributed by atoms with Crippen molar-refractivity contribution in [3.05, 3.63) is 53.6 Å². The molecule has 5 nitrogen and oxygen atoms in total. The van der Waals surface area contributed by atoms with Crippen molar-refractivity contribution in [3.63, 3.8) is 0 Å². The van der Waals surface area contributed by atoms with Crippen LogP contribution in [-0.2, 0) is 11.3 Å². The first kappa shape index (κ1) is 21.0. The Bertz CT molecular complexity index is 808. The Balaban J connectivity index is 2.06. The lowest BCUT2D eigenvalue weighted by Crippen LogP contribution is -2.30. The van der Waals surface area contributed by atoms with Crippen molar-refractivity contribution in [3.8, 4) is 5.75 Å². The van der Waals surface area contributed by atoms with E-state index in [0.29, 0.717) is 18.7 Å². The predicted octanol–water partition coefficient (Wildman–Crippen LogP) is 4.08. The van der Waals surface area contributed by atoms with Crippen molar-refractivity contribution in [2.24, 2.45) is 0 Å². The lowest BCUT2D eigenvalue weighted by molar-refractivity contribution is -0.117. The van der Waals surface area contributed by atoms with Crippen molar-refractivity contribution in [1.29, 1.82) is 0 Å². The molecule has 0 fully saturated rings. The number of Topliss-reactive ketones (excluding diaryl/α,β-unsaturated/α-hetero) is 1. The molecule has 6 heteroatoms. The van der Waals surface area contributed by atoms with Gasteiger partial charge in [-0.1, -0.05) is 12.1 Å². The summed E-state index contributed by atoms with van der Waals surface area (Å²) < 4.78 is 5.66. The Morgan fingerprint density at radius 3 is 2.59 bits per heavy atom. The van der Waals surface area contributed by atoms with Crippen LogP contribution in [0.1, 0.15) is 29.8 Å². The van der Waals surface area contributed by atoms with Crippen molar-refractivity contribution >= 4 is 29.1 Å². The number of para-hydroxylation sites is 1. The van der Waals surface area contributed by atoms with Gasteiger partial charge in [0.1, 0.15) is 5.75 Å². The van der Waals surface area contributed by atoms with E-state index >= 15 is 0 Å². The number of hydrogen-bond donors (Lipinski definition) is 1. The number of anilines is 1. The minimum atomic E-state index is -0.0836. The number of thioether (sulfide) groups is 1. The van der Waals surface area contributed by atoms with Crippen LogP contribution in [0.5, 0.6) is 5.75 Å². The number of rotatable bonds is 9. The smallest absolute Gasteiger partial charge is 0.238 e. The second-order valence-corrected chi connectivity index (χ2v) is 7.08. The van der Waals surface area contributed by atoms with Gasteiger partial charge in [0.05, 0.1) is 18.8 Å². The molecule has 0 unspecified atom stereocenters. The van der Waals surface area contributed by atoms with Gasteiger partial charge in [-0.25, -0.2) is 0 Å². The van der Waals surface area contributed by atoms with Gasteiger partial charge in [-0.2, -0.15) is 0 Å². The third kappa shape index (κ3) is 6.12.